The van der Waals surface area contributed by atoms with Crippen LogP contribution >= 0.6 is 0 Å². The van der Waals surface area contributed by atoms with Crippen LogP contribution in [0.1, 0.15) is 194 Å². The molecule has 2 N–H and O–H groups in total. The van der Waals surface area contributed by atoms with E-state index in [0.717, 1.165) is 45.7 Å². The van der Waals surface area contributed by atoms with Crippen molar-refractivity contribution in [2.75, 3.05) is 46.3 Å². The van der Waals surface area contributed by atoms with Gasteiger partial charge in [-0.15, -0.1) is 0 Å². The first-order valence-electron chi connectivity index (χ1n) is 20.8. The third kappa shape index (κ3) is 45.0. The van der Waals surface area contributed by atoms with Crippen molar-refractivity contribution in [1.29, 1.82) is 0 Å². The Bertz CT molecular complexity index is 637. The monoisotopic (exact) mass is 662 g/mol. The number of unbranched alkanes of at least 4 members (excludes halogenated alkanes) is 23. The van der Waals surface area contributed by atoms with Gasteiger partial charge in [-0.2, -0.15) is 0 Å². The molecule has 0 saturated heterocycles. The Morgan fingerprint density at radius 3 is 1.32 bits per heavy atom. The molecule has 0 fully saturated rings. The lowest BCUT2D eigenvalue weighted by Gasteiger charge is -2.06. The second kappa shape index (κ2) is 45.0. The molecule has 278 valence electrons. The van der Waals surface area contributed by atoms with Crippen molar-refractivity contribution in [2.45, 2.75) is 194 Å². The first-order chi connectivity index (χ1) is 23.4. The van der Waals surface area contributed by atoms with Gasteiger partial charge in [-0.05, 0) is 89.8 Å². The largest absolute Gasteiger partial charge is 0.366 e. The van der Waals surface area contributed by atoms with Gasteiger partial charge in [0.15, 0.2) is 0 Å². The predicted molar refractivity (Wildman–Crippen MR) is 210 cm³/mol. The van der Waals surface area contributed by atoms with Gasteiger partial charge < -0.3 is 9.47 Å². The van der Waals surface area contributed by atoms with Crippen molar-refractivity contribution in [2.24, 2.45) is 4.99 Å². The summed E-state index contributed by atoms with van der Waals surface area (Å²) in [5, 5.41) is 6.74. The average Bonchev–Trinajstić information content (AvgIpc) is 3.08. The van der Waals surface area contributed by atoms with Crippen molar-refractivity contribution in [3.8, 4) is 0 Å². The van der Waals surface area contributed by atoms with Crippen LogP contribution in [0.15, 0.2) is 29.3 Å². The van der Waals surface area contributed by atoms with Gasteiger partial charge in [0, 0.05) is 19.8 Å². The molecule has 0 unspecified atom stereocenters. The number of ether oxygens (including phenoxy) is 2. The summed E-state index contributed by atoms with van der Waals surface area (Å²) >= 11 is 0. The van der Waals surface area contributed by atoms with Crippen molar-refractivity contribution < 1.29 is 9.47 Å². The quantitative estimate of drug-likeness (QED) is 0.0296. The van der Waals surface area contributed by atoms with Crippen LogP contribution in [0.2, 0.25) is 0 Å². The van der Waals surface area contributed by atoms with Crippen molar-refractivity contribution in [1.82, 2.24) is 10.6 Å². The average molecular weight is 662 g/mol. The smallest absolute Gasteiger partial charge is 0.0965 e. The lowest BCUT2D eigenvalue weighted by atomic mass is 10.1. The molecule has 0 aromatic carbocycles. The number of rotatable bonds is 41. The second-order valence-corrected chi connectivity index (χ2v) is 13.5. The molecule has 47 heavy (non-hydrogen) atoms. The Hall–Kier alpha value is -1.01. The van der Waals surface area contributed by atoms with E-state index in [1.807, 2.05) is 6.21 Å². The Kier molecular flexibility index (Phi) is 44.0. The zero-order valence-electron chi connectivity index (χ0n) is 31.9. The highest BCUT2D eigenvalue weighted by molar-refractivity contribution is 5.56. The predicted octanol–water partition coefficient (Wildman–Crippen LogP) is 12.3. The summed E-state index contributed by atoms with van der Waals surface area (Å²) in [5.74, 6) is 0. The third-order valence-electron chi connectivity index (χ3n) is 8.74. The molecular weight excluding hydrogens is 578 g/mol. The van der Waals surface area contributed by atoms with Gasteiger partial charge >= 0.3 is 0 Å². The molecule has 0 heterocycles. The summed E-state index contributed by atoms with van der Waals surface area (Å²) in [6.07, 6.45) is 48.6. The van der Waals surface area contributed by atoms with Crippen LogP contribution in [-0.4, -0.2) is 52.5 Å². The van der Waals surface area contributed by atoms with Crippen molar-refractivity contribution >= 4 is 6.21 Å². The normalized spacial score (nSPS) is 12.1. The molecule has 0 aliphatic heterocycles. The van der Waals surface area contributed by atoms with Gasteiger partial charge in [-0.3, -0.25) is 15.6 Å². The fourth-order valence-electron chi connectivity index (χ4n) is 5.63. The first-order valence-corrected chi connectivity index (χ1v) is 20.8. The number of hydrogen-bond donors (Lipinski definition) is 2. The van der Waals surface area contributed by atoms with Crippen molar-refractivity contribution in [3.05, 3.63) is 24.3 Å². The Morgan fingerprint density at radius 1 is 0.404 bits per heavy atom. The zero-order chi connectivity index (χ0) is 33.8. The van der Waals surface area contributed by atoms with Gasteiger partial charge in [0.25, 0.3) is 0 Å². The van der Waals surface area contributed by atoms with Crippen LogP contribution in [0.25, 0.3) is 0 Å². The van der Waals surface area contributed by atoms with E-state index in [-0.39, 0.29) is 0 Å². The van der Waals surface area contributed by atoms with Crippen LogP contribution < -0.4 is 10.6 Å². The van der Waals surface area contributed by atoms with E-state index in [4.69, 9.17) is 9.47 Å². The van der Waals surface area contributed by atoms with E-state index < -0.39 is 0 Å². The highest BCUT2D eigenvalue weighted by atomic mass is 16.5. The van der Waals surface area contributed by atoms with Gasteiger partial charge in [-0.1, -0.05) is 141 Å². The second-order valence-electron chi connectivity index (χ2n) is 13.5. The van der Waals surface area contributed by atoms with Gasteiger partial charge in [0.05, 0.1) is 20.0 Å². The van der Waals surface area contributed by atoms with E-state index in [9.17, 15) is 0 Å². The Labute approximate surface area is 295 Å². The molecule has 0 aliphatic rings. The SMILES string of the molecule is CCCCCCCC/C=C\CCCCCCCNCOCCCC=NCCNCOCCCCCCC/C=C\CCCCCCCC. The molecule has 0 bridgehead atoms. The maximum atomic E-state index is 5.71. The molecule has 0 atom stereocenters. The fourth-order valence-corrected chi connectivity index (χ4v) is 5.63. The highest BCUT2D eigenvalue weighted by Gasteiger charge is 1.94. The number of nitrogens with zero attached hydrogens (tertiary/aromatic N) is 1. The molecule has 0 rings (SSSR count). The van der Waals surface area contributed by atoms with Gasteiger partial charge in [0.1, 0.15) is 0 Å². The van der Waals surface area contributed by atoms with E-state index in [2.05, 4.69) is 53.8 Å². The van der Waals surface area contributed by atoms with Crippen LogP contribution in [0.4, 0.5) is 0 Å². The summed E-state index contributed by atoms with van der Waals surface area (Å²) in [4.78, 5) is 4.49. The summed E-state index contributed by atoms with van der Waals surface area (Å²) < 4.78 is 11.4. The molecular formula is C42H83N3O2. The summed E-state index contributed by atoms with van der Waals surface area (Å²) in [5.41, 5.74) is 0. The number of allylic oxidation sites excluding steroid dienone is 4. The Morgan fingerprint density at radius 2 is 0.809 bits per heavy atom. The number of nitrogens with one attached hydrogen (secondary N) is 2. The maximum absolute atomic E-state index is 5.71. The molecule has 0 aliphatic carbocycles. The van der Waals surface area contributed by atoms with Crippen LogP contribution in [0.5, 0.6) is 0 Å². The van der Waals surface area contributed by atoms with E-state index in [0.29, 0.717) is 13.5 Å². The van der Waals surface area contributed by atoms with Gasteiger partial charge in [-0.25, -0.2) is 0 Å². The van der Waals surface area contributed by atoms with Gasteiger partial charge in [0.2, 0.25) is 0 Å². The van der Waals surface area contributed by atoms with E-state index in [1.165, 1.54) is 167 Å². The van der Waals surface area contributed by atoms with Crippen LogP contribution in [-0.2, 0) is 9.47 Å². The topological polar surface area (TPSA) is 54.9 Å². The molecule has 0 spiro atoms. The summed E-state index contributed by atoms with van der Waals surface area (Å²) in [6.45, 7) is 10.3. The van der Waals surface area contributed by atoms with Crippen LogP contribution in [0, 0.1) is 0 Å². The number of aliphatic imine (C=N–C) groups is 1. The molecule has 0 saturated carbocycles. The maximum Gasteiger partial charge on any atom is 0.0965 e. The lowest BCUT2D eigenvalue weighted by Crippen LogP contribution is -2.21. The van der Waals surface area contributed by atoms with Crippen molar-refractivity contribution in [3.63, 3.8) is 0 Å². The standard InChI is InChI=1S/C42H83N3O2/c1-3-5-7-9-11-13-15-17-19-21-23-25-27-29-31-36-44-41-47-40-34-32-35-43-37-38-45-42-46-39-33-30-28-26-24-22-20-18-16-14-12-10-8-6-4-2/h17-20,35,44-45H,3-16,21-34,36-42H2,1-2H3/b19-17-,20-18-,43-35?. The minimum atomic E-state index is 0.636. The lowest BCUT2D eigenvalue weighted by molar-refractivity contribution is 0.113. The minimum Gasteiger partial charge on any atom is -0.366 e. The molecule has 5 heteroatoms. The molecule has 0 radical (unpaired) electrons. The number of hydrogen-bond acceptors (Lipinski definition) is 5. The van der Waals surface area contributed by atoms with Crippen LogP contribution in [0.3, 0.4) is 0 Å². The molecule has 0 aromatic heterocycles. The summed E-state index contributed by atoms with van der Waals surface area (Å²) in [7, 11) is 0. The third-order valence-corrected chi connectivity index (χ3v) is 8.74. The molecule has 0 amide bonds. The zero-order valence-corrected chi connectivity index (χ0v) is 31.9. The van der Waals surface area contributed by atoms with E-state index in [1.54, 1.807) is 0 Å². The Balaban J connectivity index is 3.15. The summed E-state index contributed by atoms with van der Waals surface area (Å²) in [6, 6.07) is 0. The first kappa shape index (κ1) is 46.0. The van der Waals surface area contributed by atoms with E-state index >= 15 is 0 Å². The molecule has 0 aromatic rings. The molecule has 5 nitrogen and oxygen atoms in total. The highest BCUT2D eigenvalue weighted by Crippen LogP contribution is 2.10. The minimum absolute atomic E-state index is 0.636. The fraction of sp³-hybridized carbons (Fsp3) is 0.881.